The fraction of sp³-hybridized carbons (Fsp3) is 0.250. The molecule has 0 spiro atoms. The first-order chi connectivity index (χ1) is 14.2. The minimum absolute atomic E-state index is 0.365. The Kier molecular flexibility index (Phi) is 4.86. The lowest BCUT2D eigenvalue weighted by molar-refractivity contribution is 0.0537. The first-order valence-corrected chi connectivity index (χ1v) is 9.88. The third-order valence-electron chi connectivity index (χ3n) is 4.85. The van der Waals surface area contributed by atoms with Gasteiger partial charge in [-0.05, 0) is 38.5 Å². The average Bonchev–Trinajstić information content (AvgIpc) is 3.23. The molecule has 0 aliphatic heterocycles. The van der Waals surface area contributed by atoms with Gasteiger partial charge in [-0.2, -0.15) is 4.57 Å². The van der Waals surface area contributed by atoms with Crippen molar-refractivity contribution in [1.29, 1.82) is 0 Å². The van der Waals surface area contributed by atoms with Gasteiger partial charge in [-0.1, -0.05) is 42.5 Å². The van der Waals surface area contributed by atoms with Crippen LogP contribution in [0.25, 0.3) is 22.2 Å². The summed E-state index contributed by atoms with van der Waals surface area (Å²) >= 11 is 0. The Hall–Kier alpha value is -3.54. The molecule has 6 nitrogen and oxygen atoms in total. The second-order valence-electron chi connectivity index (χ2n) is 8.41. The number of para-hydroxylation sites is 1. The van der Waals surface area contributed by atoms with Crippen molar-refractivity contribution in [3.8, 4) is 11.1 Å². The van der Waals surface area contributed by atoms with Gasteiger partial charge in [-0.3, -0.25) is 4.57 Å². The number of aryl methyl sites for hydroxylation is 1. The molecule has 0 saturated carbocycles. The molecular weight excluding hydrogens is 378 g/mol. The van der Waals surface area contributed by atoms with E-state index in [1.54, 1.807) is 25.3 Å². The van der Waals surface area contributed by atoms with Gasteiger partial charge in [0.2, 0.25) is 0 Å². The SMILES string of the molecule is Cn1ccc(-c2cccc3c2n(C(=O)OC(C)(C)C)c(=O)n3Cc2ccccc2)c1. The van der Waals surface area contributed by atoms with E-state index in [0.29, 0.717) is 17.6 Å². The van der Waals surface area contributed by atoms with Crippen molar-refractivity contribution >= 4 is 17.1 Å². The van der Waals surface area contributed by atoms with Crippen LogP contribution in [-0.4, -0.2) is 25.4 Å². The Labute approximate surface area is 174 Å². The fourth-order valence-electron chi connectivity index (χ4n) is 3.59. The standard InChI is InChI=1S/C24H25N3O3/c1-24(2,3)30-23(29)27-21-19(18-13-14-25(4)16-18)11-8-12-20(21)26(22(27)28)15-17-9-6-5-7-10-17/h5-14,16H,15H2,1-4H3. The predicted octanol–water partition coefficient (Wildman–Crippen LogP) is 4.64. The van der Waals surface area contributed by atoms with Crippen molar-refractivity contribution in [2.75, 3.05) is 0 Å². The number of ether oxygens (including phenoxy) is 1. The topological polar surface area (TPSA) is 58.2 Å². The van der Waals surface area contributed by atoms with E-state index in [2.05, 4.69) is 0 Å². The molecule has 0 aliphatic rings. The molecule has 0 amide bonds. The zero-order chi connectivity index (χ0) is 21.5. The molecule has 6 heteroatoms. The van der Waals surface area contributed by atoms with Crippen molar-refractivity contribution in [3.05, 3.63) is 83.0 Å². The minimum atomic E-state index is -0.716. The summed E-state index contributed by atoms with van der Waals surface area (Å²) in [6, 6.07) is 17.4. The maximum Gasteiger partial charge on any atom is 0.423 e. The van der Waals surface area contributed by atoms with Crippen LogP contribution in [0.4, 0.5) is 4.79 Å². The van der Waals surface area contributed by atoms with Gasteiger partial charge in [0.1, 0.15) is 5.60 Å². The number of rotatable bonds is 3. The molecule has 4 aromatic rings. The Morgan fingerprint density at radius 1 is 1.00 bits per heavy atom. The maximum atomic E-state index is 13.4. The Morgan fingerprint density at radius 2 is 1.73 bits per heavy atom. The lowest BCUT2D eigenvalue weighted by Gasteiger charge is -2.19. The molecule has 0 aliphatic carbocycles. The highest BCUT2D eigenvalue weighted by Gasteiger charge is 2.26. The molecule has 2 heterocycles. The lowest BCUT2D eigenvalue weighted by Crippen LogP contribution is -2.34. The average molecular weight is 403 g/mol. The summed E-state index contributed by atoms with van der Waals surface area (Å²) in [5.74, 6) is 0. The van der Waals surface area contributed by atoms with Crippen LogP contribution in [0, 0.1) is 0 Å². The number of imidazole rings is 1. The highest BCUT2D eigenvalue weighted by molar-refractivity contribution is 5.97. The largest absolute Gasteiger partial charge is 0.443 e. The molecule has 154 valence electrons. The van der Waals surface area contributed by atoms with Gasteiger partial charge in [0, 0.05) is 30.6 Å². The number of carbonyl (C=O) groups is 1. The van der Waals surface area contributed by atoms with Crippen molar-refractivity contribution in [1.82, 2.24) is 13.7 Å². The summed E-state index contributed by atoms with van der Waals surface area (Å²) in [7, 11) is 1.94. The second-order valence-corrected chi connectivity index (χ2v) is 8.41. The van der Waals surface area contributed by atoms with E-state index in [-0.39, 0.29) is 0 Å². The van der Waals surface area contributed by atoms with Crippen LogP contribution in [0.5, 0.6) is 0 Å². The fourth-order valence-corrected chi connectivity index (χ4v) is 3.59. The van der Waals surface area contributed by atoms with E-state index >= 15 is 0 Å². The van der Waals surface area contributed by atoms with Crippen LogP contribution in [0.3, 0.4) is 0 Å². The van der Waals surface area contributed by atoms with Gasteiger partial charge in [-0.25, -0.2) is 9.59 Å². The number of aromatic nitrogens is 3. The highest BCUT2D eigenvalue weighted by atomic mass is 16.6. The Bertz CT molecular complexity index is 1270. The maximum absolute atomic E-state index is 13.4. The summed E-state index contributed by atoms with van der Waals surface area (Å²) in [5.41, 5.74) is 2.83. The van der Waals surface area contributed by atoms with Gasteiger partial charge < -0.3 is 9.30 Å². The van der Waals surface area contributed by atoms with Crippen molar-refractivity contribution in [2.45, 2.75) is 32.9 Å². The molecule has 4 rings (SSSR count). The van der Waals surface area contributed by atoms with Crippen molar-refractivity contribution < 1.29 is 9.53 Å². The van der Waals surface area contributed by atoms with Crippen LogP contribution < -0.4 is 5.69 Å². The normalized spacial score (nSPS) is 11.7. The van der Waals surface area contributed by atoms with Crippen molar-refractivity contribution in [3.63, 3.8) is 0 Å². The van der Waals surface area contributed by atoms with Gasteiger partial charge >= 0.3 is 11.8 Å². The number of carbonyl (C=O) groups excluding carboxylic acids is 1. The molecule has 2 aromatic heterocycles. The molecular formula is C24H25N3O3. The molecule has 0 saturated heterocycles. The van der Waals surface area contributed by atoms with Crippen LogP contribution in [0.1, 0.15) is 26.3 Å². The summed E-state index contributed by atoms with van der Waals surface area (Å²) in [5, 5.41) is 0. The van der Waals surface area contributed by atoms with Crippen molar-refractivity contribution in [2.24, 2.45) is 7.05 Å². The second kappa shape index (κ2) is 7.37. The molecule has 30 heavy (non-hydrogen) atoms. The zero-order valence-corrected chi connectivity index (χ0v) is 17.6. The van der Waals surface area contributed by atoms with E-state index in [1.807, 2.05) is 78.6 Å². The Morgan fingerprint density at radius 3 is 2.37 bits per heavy atom. The first kappa shape index (κ1) is 19.8. The third kappa shape index (κ3) is 3.68. The number of benzene rings is 2. The number of nitrogens with zero attached hydrogens (tertiary/aromatic N) is 3. The molecule has 0 atom stereocenters. The number of hydrogen-bond donors (Lipinski definition) is 0. The van der Waals surface area contributed by atoms with E-state index in [4.69, 9.17) is 4.74 Å². The molecule has 0 bridgehead atoms. The molecule has 0 fully saturated rings. The quantitative estimate of drug-likeness (QED) is 0.501. The number of hydrogen-bond acceptors (Lipinski definition) is 3. The molecule has 0 unspecified atom stereocenters. The lowest BCUT2D eigenvalue weighted by atomic mass is 10.1. The van der Waals surface area contributed by atoms with E-state index in [1.165, 1.54) is 0 Å². The monoisotopic (exact) mass is 403 g/mol. The third-order valence-corrected chi connectivity index (χ3v) is 4.85. The first-order valence-electron chi connectivity index (χ1n) is 9.88. The smallest absolute Gasteiger partial charge is 0.423 e. The van der Waals surface area contributed by atoms with Crippen LogP contribution >= 0.6 is 0 Å². The number of fused-ring (bicyclic) bond motifs is 1. The van der Waals surface area contributed by atoms with Gasteiger partial charge in [0.05, 0.1) is 17.6 Å². The predicted molar refractivity (Wildman–Crippen MR) is 118 cm³/mol. The summed E-state index contributed by atoms with van der Waals surface area (Å²) in [6.07, 6.45) is 3.23. The van der Waals surface area contributed by atoms with Crippen LogP contribution in [0.15, 0.2) is 71.8 Å². The van der Waals surface area contributed by atoms with Crippen LogP contribution in [-0.2, 0) is 18.3 Å². The summed E-state index contributed by atoms with van der Waals surface area (Å²) in [4.78, 5) is 26.5. The van der Waals surface area contributed by atoms with E-state index in [0.717, 1.165) is 21.3 Å². The molecule has 2 aromatic carbocycles. The van der Waals surface area contributed by atoms with Gasteiger partial charge in [0.15, 0.2) is 0 Å². The van der Waals surface area contributed by atoms with Gasteiger partial charge in [-0.15, -0.1) is 0 Å². The summed E-state index contributed by atoms with van der Waals surface area (Å²) < 4.78 is 10.3. The highest BCUT2D eigenvalue weighted by Crippen LogP contribution is 2.29. The molecule has 0 N–H and O–H groups in total. The zero-order valence-electron chi connectivity index (χ0n) is 17.6. The van der Waals surface area contributed by atoms with E-state index in [9.17, 15) is 9.59 Å². The Balaban J connectivity index is 1.98. The molecule has 0 radical (unpaired) electrons. The summed E-state index contributed by atoms with van der Waals surface area (Å²) in [6.45, 7) is 5.73. The van der Waals surface area contributed by atoms with Gasteiger partial charge in [0.25, 0.3) is 0 Å². The van der Waals surface area contributed by atoms with Crippen LogP contribution in [0.2, 0.25) is 0 Å². The minimum Gasteiger partial charge on any atom is -0.443 e. The van der Waals surface area contributed by atoms with E-state index < -0.39 is 17.4 Å².